The van der Waals surface area contributed by atoms with Crippen LogP contribution >= 0.6 is 0 Å². The van der Waals surface area contributed by atoms with Gasteiger partial charge in [-0.3, -0.25) is 4.79 Å². The van der Waals surface area contributed by atoms with Gasteiger partial charge in [-0.05, 0) is 100.0 Å². The summed E-state index contributed by atoms with van der Waals surface area (Å²) in [5.41, 5.74) is 2.43. The minimum absolute atomic E-state index is 0.0748. The number of carbonyl (C=O) groups is 1. The predicted octanol–water partition coefficient (Wildman–Crippen LogP) is 5.51. The number of ether oxygens (including phenoxy) is 1. The number of nitriles is 1. The molecule has 6 rings (SSSR count). The molecule has 2 aliphatic heterocycles. The van der Waals surface area contributed by atoms with Crippen LogP contribution < -0.4 is 4.90 Å². The van der Waals surface area contributed by atoms with Crippen molar-refractivity contribution in [2.75, 3.05) is 37.6 Å². The van der Waals surface area contributed by atoms with Gasteiger partial charge in [-0.15, -0.1) is 10.2 Å². The first-order valence-corrected chi connectivity index (χ1v) is 16.2. The van der Waals surface area contributed by atoms with Crippen molar-refractivity contribution in [1.29, 1.82) is 5.26 Å². The Balaban J connectivity index is 1.22. The van der Waals surface area contributed by atoms with E-state index in [9.17, 15) is 9.18 Å². The Labute approximate surface area is 259 Å². The molecule has 3 aliphatic rings. The molecule has 2 aromatic carbocycles. The fourth-order valence-electron chi connectivity index (χ4n) is 8.17. The maximum absolute atomic E-state index is 15.0. The van der Waals surface area contributed by atoms with E-state index in [1.54, 1.807) is 12.4 Å². The van der Waals surface area contributed by atoms with Gasteiger partial charge in [0.15, 0.2) is 0 Å². The Morgan fingerprint density at radius 3 is 2.55 bits per heavy atom. The molecule has 0 unspecified atom stereocenters. The van der Waals surface area contributed by atoms with Crippen LogP contribution in [0.15, 0.2) is 54.9 Å². The molecule has 0 radical (unpaired) electrons. The lowest BCUT2D eigenvalue weighted by molar-refractivity contribution is -0.152. The smallest absolute Gasteiger partial charge is 0.305 e. The van der Waals surface area contributed by atoms with Crippen molar-refractivity contribution >= 4 is 11.7 Å². The molecule has 8 nitrogen and oxygen atoms in total. The first kappa shape index (κ1) is 30.3. The van der Waals surface area contributed by atoms with Crippen LogP contribution in [0.25, 0.3) is 0 Å². The molecule has 2 saturated heterocycles. The van der Waals surface area contributed by atoms with E-state index in [0.29, 0.717) is 24.4 Å². The van der Waals surface area contributed by atoms with Crippen LogP contribution in [-0.4, -0.2) is 64.5 Å². The molecule has 0 N–H and O–H groups in total. The molecule has 3 atom stereocenters. The van der Waals surface area contributed by atoms with Gasteiger partial charge >= 0.3 is 5.97 Å². The molecule has 0 amide bonds. The molecule has 232 valence electrons. The van der Waals surface area contributed by atoms with Crippen LogP contribution in [0.4, 0.5) is 10.1 Å². The normalized spacial score (nSPS) is 22.7. The molecule has 1 aliphatic carbocycles. The third-order valence-corrected chi connectivity index (χ3v) is 10.4. The van der Waals surface area contributed by atoms with E-state index in [0.717, 1.165) is 76.2 Å². The largest absolute Gasteiger partial charge is 0.462 e. The number of hydrogen-bond donors (Lipinski definition) is 0. The number of nitrogens with zero attached hydrogens (tertiary/aromatic N) is 6. The van der Waals surface area contributed by atoms with Crippen molar-refractivity contribution in [3.05, 3.63) is 77.6 Å². The summed E-state index contributed by atoms with van der Waals surface area (Å²) in [6, 6.07) is 17.2. The van der Waals surface area contributed by atoms with Crippen LogP contribution in [0.5, 0.6) is 0 Å². The minimum Gasteiger partial charge on any atom is -0.462 e. The number of aromatic nitrogens is 3. The number of piperidine rings is 1. The zero-order valence-corrected chi connectivity index (χ0v) is 25.9. The lowest BCUT2D eigenvalue weighted by atomic mass is 9.58. The van der Waals surface area contributed by atoms with Gasteiger partial charge in [0.1, 0.15) is 24.1 Å². The molecule has 0 bridgehead atoms. The van der Waals surface area contributed by atoms with Gasteiger partial charge in [0.2, 0.25) is 0 Å². The second-order valence-electron chi connectivity index (χ2n) is 13.0. The Hall–Kier alpha value is -3.77. The number of hydrogen-bond acceptors (Lipinski definition) is 7. The monoisotopic (exact) mass is 598 g/mol. The van der Waals surface area contributed by atoms with E-state index in [1.165, 1.54) is 11.8 Å². The first-order valence-electron chi connectivity index (χ1n) is 16.2. The third kappa shape index (κ3) is 6.10. The highest BCUT2D eigenvalue weighted by Crippen LogP contribution is 2.52. The van der Waals surface area contributed by atoms with Gasteiger partial charge in [-0.2, -0.15) is 5.26 Å². The van der Waals surface area contributed by atoms with Crippen molar-refractivity contribution in [1.82, 2.24) is 19.7 Å². The number of halogens is 1. The highest BCUT2D eigenvalue weighted by atomic mass is 19.1. The lowest BCUT2D eigenvalue weighted by Gasteiger charge is -2.51. The third-order valence-electron chi connectivity index (χ3n) is 10.4. The van der Waals surface area contributed by atoms with Gasteiger partial charge in [-0.25, -0.2) is 4.39 Å². The van der Waals surface area contributed by atoms with Crippen molar-refractivity contribution in [2.24, 2.45) is 17.8 Å². The number of rotatable bonds is 10. The predicted molar refractivity (Wildman–Crippen MR) is 166 cm³/mol. The summed E-state index contributed by atoms with van der Waals surface area (Å²) in [7, 11) is 0. The molecule has 3 heterocycles. The van der Waals surface area contributed by atoms with E-state index >= 15 is 0 Å². The standard InChI is InChI=1S/C35H43FN6O2/c1-3-34(43)44-33-9-5-8-32(33)35(23-42-24-38-39-25(42)2,29-6-4-7-30(36)18-29)28-14-16-40(17-15-28)20-27-21-41(22-27)31-12-10-26(19-37)11-13-31/h4,6-7,10-13,18,24,27-28,32-33H,3,5,8-9,14-17,20-23H2,1-2H3/t32-,33-,35-/m0/s1. The summed E-state index contributed by atoms with van der Waals surface area (Å²) in [5.74, 6) is 1.40. The number of anilines is 1. The molecule has 44 heavy (non-hydrogen) atoms. The molecular formula is C35H43FN6O2. The SMILES string of the molecule is CCC(=O)O[C@H]1CCC[C@@H]1[C@](Cn1cnnc1C)(c1cccc(F)c1)C1CCN(CC2CN(c3ccc(C#N)cc3)C2)CC1. The van der Waals surface area contributed by atoms with E-state index in [1.807, 2.05) is 44.2 Å². The summed E-state index contributed by atoms with van der Waals surface area (Å²) in [6.07, 6.45) is 6.70. The molecular weight excluding hydrogens is 555 g/mol. The molecule has 1 saturated carbocycles. The second kappa shape index (κ2) is 13.1. The van der Waals surface area contributed by atoms with E-state index in [2.05, 4.69) is 36.7 Å². The maximum Gasteiger partial charge on any atom is 0.305 e. The minimum atomic E-state index is -0.431. The Kier molecular flexibility index (Phi) is 8.99. The summed E-state index contributed by atoms with van der Waals surface area (Å²) < 4.78 is 23.2. The Morgan fingerprint density at radius 2 is 1.89 bits per heavy atom. The molecule has 3 aromatic rings. The maximum atomic E-state index is 15.0. The summed E-state index contributed by atoms with van der Waals surface area (Å²) in [5, 5.41) is 17.6. The number of likely N-dealkylation sites (tertiary alicyclic amines) is 1. The van der Waals surface area contributed by atoms with Crippen molar-refractivity contribution in [3.8, 4) is 6.07 Å². The first-order chi connectivity index (χ1) is 21.4. The second-order valence-corrected chi connectivity index (χ2v) is 13.0. The molecule has 9 heteroatoms. The zero-order chi connectivity index (χ0) is 30.7. The average molecular weight is 599 g/mol. The molecule has 3 fully saturated rings. The van der Waals surface area contributed by atoms with Crippen molar-refractivity contribution < 1.29 is 13.9 Å². The highest BCUT2D eigenvalue weighted by molar-refractivity contribution is 5.69. The average Bonchev–Trinajstić information content (AvgIpc) is 3.66. The van der Waals surface area contributed by atoms with Gasteiger partial charge in [0.25, 0.3) is 0 Å². The Bertz CT molecular complexity index is 1470. The van der Waals surface area contributed by atoms with Crippen LogP contribution in [0.2, 0.25) is 0 Å². The zero-order valence-electron chi connectivity index (χ0n) is 25.9. The summed E-state index contributed by atoms with van der Waals surface area (Å²) >= 11 is 0. The van der Waals surface area contributed by atoms with Crippen LogP contribution in [-0.2, 0) is 21.5 Å². The van der Waals surface area contributed by atoms with Crippen LogP contribution in [0.1, 0.15) is 62.4 Å². The quantitative estimate of drug-likeness (QED) is 0.285. The number of aryl methyl sites for hydroxylation is 1. The van der Waals surface area contributed by atoms with Crippen LogP contribution in [0, 0.1) is 41.8 Å². The summed E-state index contributed by atoms with van der Waals surface area (Å²) in [4.78, 5) is 17.5. The van der Waals surface area contributed by atoms with E-state index < -0.39 is 5.41 Å². The van der Waals surface area contributed by atoms with Crippen molar-refractivity contribution in [2.45, 2.75) is 70.4 Å². The van der Waals surface area contributed by atoms with Gasteiger partial charge in [0.05, 0.1) is 11.6 Å². The highest BCUT2D eigenvalue weighted by Gasteiger charge is 2.53. The number of carbonyl (C=O) groups excluding carboxylic acids is 1. The van der Waals surface area contributed by atoms with E-state index in [-0.39, 0.29) is 29.7 Å². The topological polar surface area (TPSA) is 87.3 Å². The molecule has 1 aromatic heterocycles. The Morgan fingerprint density at radius 1 is 1.11 bits per heavy atom. The fraction of sp³-hybridized carbons (Fsp3) is 0.543. The van der Waals surface area contributed by atoms with E-state index in [4.69, 9.17) is 10.00 Å². The van der Waals surface area contributed by atoms with Crippen molar-refractivity contribution in [3.63, 3.8) is 0 Å². The number of benzene rings is 2. The van der Waals surface area contributed by atoms with Crippen LogP contribution in [0.3, 0.4) is 0 Å². The number of esters is 1. The molecule has 0 spiro atoms. The van der Waals surface area contributed by atoms with Gasteiger partial charge in [0, 0.05) is 55.5 Å². The fourth-order valence-corrected chi connectivity index (χ4v) is 8.17. The van der Waals surface area contributed by atoms with Gasteiger partial charge in [-0.1, -0.05) is 19.1 Å². The summed E-state index contributed by atoms with van der Waals surface area (Å²) in [6.45, 7) is 9.54. The van der Waals surface area contributed by atoms with Gasteiger partial charge < -0.3 is 19.1 Å². The lowest BCUT2D eigenvalue weighted by Crippen LogP contribution is -2.55.